The fourth-order valence-electron chi connectivity index (χ4n) is 2.18. The van der Waals surface area contributed by atoms with E-state index >= 15 is 0 Å². The zero-order valence-corrected chi connectivity index (χ0v) is 14.2. The molecule has 1 saturated carbocycles. The van der Waals surface area contributed by atoms with Crippen LogP contribution >= 0.6 is 34.9 Å². The van der Waals surface area contributed by atoms with Crippen LogP contribution in [0.15, 0.2) is 8.68 Å². The van der Waals surface area contributed by atoms with Gasteiger partial charge in [0.25, 0.3) is 0 Å². The van der Waals surface area contributed by atoms with E-state index in [9.17, 15) is 9.90 Å². The molecule has 0 aromatic carbocycles. The Bertz CT molecular complexity index is 476. The van der Waals surface area contributed by atoms with Gasteiger partial charge < -0.3 is 5.11 Å². The van der Waals surface area contributed by atoms with E-state index in [1.54, 1.807) is 11.8 Å². The SMILES string of the molecule is CSc1nnc(SCC(NC(C)C)(C(=O)O)C2CC2)s1. The first-order valence-corrected chi connectivity index (χ1v) is 9.52. The van der Waals surface area contributed by atoms with Crippen LogP contribution in [-0.2, 0) is 4.79 Å². The van der Waals surface area contributed by atoms with Crippen LogP contribution in [-0.4, -0.2) is 44.9 Å². The highest BCUT2D eigenvalue weighted by Crippen LogP contribution is 2.43. The van der Waals surface area contributed by atoms with Gasteiger partial charge in [-0.05, 0) is 38.9 Å². The van der Waals surface area contributed by atoms with E-state index in [4.69, 9.17) is 0 Å². The Kier molecular flexibility index (Phi) is 5.33. The van der Waals surface area contributed by atoms with Crippen molar-refractivity contribution >= 4 is 40.8 Å². The second kappa shape index (κ2) is 6.64. The van der Waals surface area contributed by atoms with Gasteiger partial charge in [-0.25, -0.2) is 0 Å². The van der Waals surface area contributed by atoms with E-state index in [-0.39, 0.29) is 12.0 Å². The number of aromatic nitrogens is 2. The van der Waals surface area contributed by atoms with Gasteiger partial charge in [-0.2, -0.15) is 0 Å². The average Bonchev–Trinajstić information content (AvgIpc) is 3.13. The number of carbonyl (C=O) groups is 1. The van der Waals surface area contributed by atoms with Crippen molar-refractivity contribution in [2.45, 2.75) is 46.9 Å². The van der Waals surface area contributed by atoms with E-state index in [0.29, 0.717) is 5.75 Å². The van der Waals surface area contributed by atoms with Gasteiger partial charge in [-0.15, -0.1) is 10.2 Å². The molecule has 20 heavy (non-hydrogen) atoms. The first kappa shape index (κ1) is 16.1. The molecule has 1 fully saturated rings. The maximum atomic E-state index is 11.8. The molecule has 1 aromatic rings. The Morgan fingerprint density at radius 1 is 1.50 bits per heavy atom. The lowest BCUT2D eigenvalue weighted by molar-refractivity contribution is -0.145. The maximum absolute atomic E-state index is 11.8. The average molecular weight is 334 g/mol. The molecular formula is C12H19N3O2S3. The van der Waals surface area contributed by atoms with E-state index in [0.717, 1.165) is 21.5 Å². The van der Waals surface area contributed by atoms with Gasteiger partial charge >= 0.3 is 5.97 Å². The van der Waals surface area contributed by atoms with Crippen LogP contribution in [0.1, 0.15) is 26.7 Å². The summed E-state index contributed by atoms with van der Waals surface area (Å²) in [5.74, 6) is -0.0348. The molecule has 1 aliphatic rings. The van der Waals surface area contributed by atoms with E-state index in [1.807, 2.05) is 20.1 Å². The van der Waals surface area contributed by atoms with Crippen LogP contribution in [0, 0.1) is 5.92 Å². The standard InChI is InChI=1S/C12H19N3O2S3/c1-7(2)13-12(9(16)17,8-4-5-8)6-19-11-15-14-10(18-3)20-11/h7-8,13H,4-6H2,1-3H3,(H,16,17). The zero-order valence-electron chi connectivity index (χ0n) is 11.8. The van der Waals surface area contributed by atoms with Crippen molar-refractivity contribution in [2.24, 2.45) is 5.92 Å². The predicted octanol–water partition coefficient (Wildman–Crippen LogP) is 2.58. The van der Waals surface area contributed by atoms with Crippen LogP contribution in [0.2, 0.25) is 0 Å². The number of aliphatic carboxylic acids is 1. The third kappa shape index (κ3) is 3.66. The molecule has 0 spiro atoms. The molecule has 8 heteroatoms. The highest BCUT2D eigenvalue weighted by atomic mass is 32.2. The fraction of sp³-hybridized carbons (Fsp3) is 0.750. The topological polar surface area (TPSA) is 75.1 Å². The molecule has 1 aromatic heterocycles. The lowest BCUT2D eigenvalue weighted by Gasteiger charge is -2.32. The summed E-state index contributed by atoms with van der Waals surface area (Å²) in [5, 5.41) is 21.1. The highest BCUT2D eigenvalue weighted by Gasteiger charge is 2.51. The summed E-state index contributed by atoms with van der Waals surface area (Å²) in [4.78, 5) is 11.8. The first-order valence-electron chi connectivity index (χ1n) is 6.49. The second-order valence-corrected chi connectivity index (χ2v) is 8.43. The Hall–Kier alpha value is -0.310. The van der Waals surface area contributed by atoms with Gasteiger partial charge in [0, 0.05) is 11.8 Å². The quantitative estimate of drug-likeness (QED) is 0.708. The normalized spacial score (nSPS) is 18.2. The molecule has 2 N–H and O–H groups in total. The number of thioether (sulfide) groups is 2. The molecule has 112 valence electrons. The molecular weight excluding hydrogens is 314 g/mol. The molecule has 0 saturated heterocycles. The van der Waals surface area contributed by atoms with Crippen molar-refractivity contribution in [2.75, 3.05) is 12.0 Å². The summed E-state index contributed by atoms with van der Waals surface area (Å²) < 4.78 is 1.75. The van der Waals surface area contributed by atoms with Gasteiger partial charge in [-0.3, -0.25) is 10.1 Å². The smallest absolute Gasteiger partial charge is 0.325 e. The van der Waals surface area contributed by atoms with Crippen LogP contribution in [0.5, 0.6) is 0 Å². The minimum absolute atomic E-state index is 0.142. The minimum Gasteiger partial charge on any atom is -0.480 e. The van der Waals surface area contributed by atoms with Crippen LogP contribution < -0.4 is 5.32 Å². The van der Waals surface area contributed by atoms with Crippen molar-refractivity contribution in [1.82, 2.24) is 15.5 Å². The minimum atomic E-state index is -0.843. The lowest BCUT2D eigenvalue weighted by atomic mass is 9.94. The second-order valence-electron chi connectivity index (χ2n) is 5.18. The molecule has 0 radical (unpaired) electrons. The molecule has 0 aliphatic heterocycles. The monoisotopic (exact) mass is 333 g/mol. The Balaban J connectivity index is 2.08. The first-order chi connectivity index (χ1) is 9.48. The number of nitrogens with one attached hydrogen (secondary N) is 1. The fourth-order valence-corrected chi connectivity index (χ4v) is 4.89. The maximum Gasteiger partial charge on any atom is 0.325 e. The molecule has 1 heterocycles. The summed E-state index contributed by atoms with van der Waals surface area (Å²) in [6, 6.07) is 0.142. The van der Waals surface area contributed by atoms with E-state index in [2.05, 4.69) is 15.5 Å². The van der Waals surface area contributed by atoms with Crippen molar-refractivity contribution in [1.29, 1.82) is 0 Å². The van der Waals surface area contributed by atoms with Gasteiger partial charge in [0.2, 0.25) is 0 Å². The van der Waals surface area contributed by atoms with E-state index in [1.165, 1.54) is 23.1 Å². The molecule has 0 bridgehead atoms. The molecule has 2 rings (SSSR count). The molecule has 1 aliphatic carbocycles. The van der Waals surface area contributed by atoms with Gasteiger partial charge in [0.15, 0.2) is 8.68 Å². The van der Waals surface area contributed by atoms with E-state index < -0.39 is 11.5 Å². The molecule has 0 amide bonds. The Morgan fingerprint density at radius 2 is 2.15 bits per heavy atom. The number of hydrogen-bond donors (Lipinski definition) is 2. The van der Waals surface area contributed by atoms with Crippen LogP contribution in [0.3, 0.4) is 0 Å². The predicted molar refractivity (Wildman–Crippen MR) is 83.8 cm³/mol. The van der Waals surface area contributed by atoms with Gasteiger partial charge in [0.05, 0.1) is 0 Å². The molecule has 5 nitrogen and oxygen atoms in total. The number of nitrogens with zero attached hydrogens (tertiary/aromatic N) is 2. The van der Waals surface area contributed by atoms with Crippen molar-refractivity contribution < 1.29 is 9.90 Å². The summed E-state index contributed by atoms with van der Waals surface area (Å²) >= 11 is 4.57. The van der Waals surface area contributed by atoms with Crippen LogP contribution in [0.4, 0.5) is 0 Å². The highest BCUT2D eigenvalue weighted by molar-refractivity contribution is 8.03. The number of carboxylic acids is 1. The van der Waals surface area contributed by atoms with Crippen LogP contribution in [0.25, 0.3) is 0 Å². The summed E-state index contributed by atoms with van der Waals surface area (Å²) in [6.07, 6.45) is 3.93. The number of hydrogen-bond acceptors (Lipinski definition) is 7. The van der Waals surface area contributed by atoms with Crippen molar-refractivity contribution in [3.05, 3.63) is 0 Å². The third-order valence-electron chi connectivity index (χ3n) is 3.19. The number of rotatable bonds is 8. The van der Waals surface area contributed by atoms with Crippen molar-refractivity contribution in [3.63, 3.8) is 0 Å². The summed E-state index contributed by atoms with van der Waals surface area (Å²) in [5.41, 5.74) is -0.843. The Morgan fingerprint density at radius 3 is 2.60 bits per heavy atom. The zero-order chi connectivity index (χ0) is 14.8. The molecule has 1 atom stereocenters. The third-order valence-corrected chi connectivity index (χ3v) is 6.41. The summed E-state index contributed by atoms with van der Waals surface area (Å²) in [6.45, 7) is 3.98. The summed E-state index contributed by atoms with van der Waals surface area (Å²) in [7, 11) is 0. The van der Waals surface area contributed by atoms with Gasteiger partial charge in [0.1, 0.15) is 5.54 Å². The van der Waals surface area contributed by atoms with Gasteiger partial charge in [-0.1, -0.05) is 34.9 Å². The van der Waals surface area contributed by atoms with Crippen molar-refractivity contribution in [3.8, 4) is 0 Å². The largest absolute Gasteiger partial charge is 0.480 e. The Labute approximate surface area is 131 Å². The molecule has 1 unspecified atom stereocenters. The number of carboxylic acid groups (broad SMARTS) is 1. The lowest BCUT2D eigenvalue weighted by Crippen LogP contribution is -2.58.